The molecule has 61 heavy (non-hydrogen) atoms. The normalized spacial score (nSPS) is 15.9. The molecule has 2 heterocycles. The number of carbonyl (C=O) groups excluding carboxylic acids is 2. The average molecular weight is 828 g/mol. The van der Waals surface area contributed by atoms with Gasteiger partial charge in [-0.1, -0.05) is 118 Å². The largest absolute Gasteiger partial charge is 0.416 e. The van der Waals surface area contributed by atoms with Gasteiger partial charge in [-0.15, -0.1) is 0 Å². The van der Waals surface area contributed by atoms with E-state index in [2.05, 4.69) is 96.1 Å². The van der Waals surface area contributed by atoms with Crippen molar-refractivity contribution >= 4 is 29.3 Å². The molecule has 10 heteroatoms. The van der Waals surface area contributed by atoms with E-state index in [1.54, 1.807) is 4.90 Å². The van der Waals surface area contributed by atoms with Crippen LogP contribution in [0.15, 0.2) is 140 Å². The van der Waals surface area contributed by atoms with Crippen LogP contribution >= 0.6 is 0 Å². The molecule has 0 unspecified atom stereocenters. The third kappa shape index (κ3) is 11.5. The molecule has 7 nitrogen and oxygen atoms in total. The summed E-state index contributed by atoms with van der Waals surface area (Å²) in [6.45, 7) is 13.5. The Kier molecular flexibility index (Phi) is 13.6. The van der Waals surface area contributed by atoms with Gasteiger partial charge in [0.1, 0.15) is 6.04 Å². The average Bonchev–Trinajstić information content (AvgIpc) is 3.27. The number of anilines is 2. The summed E-state index contributed by atoms with van der Waals surface area (Å²) in [5.41, 5.74) is 6.15. The molecule has 1 atom stereocenters. The van der Waals surface area contributed by atoms with Crippen LogP contribution < -0.4 is 9.80 Å². The molecule has 2 amide bonds. The van der Waals surface area contributed by atoms with E-state index >= 15 is 0 Å². The fraction of sp³-hybridized carbons (Fsp3) is 0.333. The standard InChI is InChI=1S/C51H56F3N5O2/c1-50(2,3)43-21-16-40(17-22-43)36-47(49(61)58-30-28-55(29-31-58)37-41-10-6-4-7-11-41)59(48(60)27-20-39-14-23-44(24-15-39)51(52,53)54)38-42-18-25-46(26-19-42)57-34-32-56(33-35-57)45-12-8-5-9-13-45/h4-27,47H,28-38H2,1-3H3/t47-/m0/s1. The number of nitrogens with zero attached hydrogens (tertiary/aromatic N) is 5. The Morgan fingerprint density at radius 2 is 1.13 bits per heavy atom. The van der Waals surface area contributed by atoms with Crippen LogP contribution in [0.4, 0.5) is 24.5 Å². The predicted molar refractivity (Wildman–Crippen MR) is 239 cm³/mol. The maximum Gasteiger partial charge on any atom is 0.416 e. The van der Waals surface area contributed by atoms with Crippen molar-refractivity contribution in [3.63, 3.8) is 0 Å². The number of amides is 2. The number of rotatable bonds is 12. The smallest absolute Gasteiger partial charge is 0.368 e. The Labute approximate surface area is 358 Å². The van der Waals surface area contributed by atoms with Crippen molar-refractivity contribution in [2.75, 3.05) is 62.2 Å². The summed E-state index contributed by atoms with van der Waals surface area (Å²) in [5.74, 6) is -0.517. The molecule has 0 radical (unpaired) electrons. The molecule has 0 spiro atoms. The molecule has 0 bridgehead atoms. The minimum atomic E-state index is -4.47. The van der Waals surface area contributed by atoms with Crippen molar-refractivity contribution in [3.8, 4) is 0 Å². The van der Waals surface area contributed by atoms with E-state index in [1.807, 2.05) is 53.4 Å². The summed E-state index contributed by atoms with van der Waals surface area (Å²) < 4.78 is 40.0. The first-order valence-corrected chi connectivity index (χ1v) is 21.2. The van der Waals surface area contributed by atoms with Gasteiger partial charge in [-0.25, -0.2) is 0 Å². The van der Waals surface area contributed by atoms with Gasteiger partial charge in [-0.3, -0.25) is 14.5 Å². The Hall–Kier alpha value is -5.87. The highest BCUT2D eigenvalue weighted by Crippen LogP contribution is 2.30. The molecule has 318 valence electrons. The van der Waals surface area contributed by atoms with E-state index in [0.29, 0.717) is 38.2 Å². The molecule has 0 aliphatic carbocycles. The van der Waals surface area contributed by atoms with Crippen LogP contribution in [0.5, 0.6) is 0 Å². The lowest BCUT2D eigenvalue weighted by atomic mass is 9.86. The van der Waals surface area contributed by atoms with Crippen LogP contribution in [0.3, 0.4) is 0 Å². The molecule has 0 saturated carbocycles. The van der Waals surface area contributed by atoms with E-state index in [1.165, 1.54) is 41.1 Å². The number of carbonyl (C=O) groups is 2. The number of hydrogen-bond donors (Lipinski definition) is 0. The highest BCUT2D eigenvalue weighted by molar-refractivity contribution is 5.96. The third-order valence-electron chi connectivity index (χ3n) is 11.8. The maximum atomic E-state index is 14.9. The lowest BCUT2D eigenvalue weighted by molar-refractivity contribution is -0.145. The van der Waals surface area contributed by atoms with Crippen molar-refractivity contribution in [2.45, 2.75) is 57.9 Å². The van der Waals surface area contributed by atoms with Crippen LogP contribution in [0.1, 0.15) is 54.2 Å². The van der Waals surface area contributed by atoms with Crippen LogP contribution in [-0.4, -0.2) is 84.9 Å². The topological polar surface area (TPSA) is 50.3 Å². The molecule has 0 aromatic heterocycles. The third-order valence-corrected chi connectivity index (χ3v) is 11.8. The molecule has 5 aromatic rings. The highest BCUT2D eigenvalue weighted by Gasteiger charge is 2.35. The van der Waals surface area contributed by atoms with Gasteiger partial charge in [0, 0.05) is 89.3 Å². The van der Waals surface area contributed by atoms with E-state index in [0.717, 1.165) is 61.7 Å². The Morgan fingerprint density at radius 3 is 1.69 bits per heavy atom. The van der Waals surface area contributed by atoms with Crippen molar-refractivity contribution in [1.82, 2.24) is 14.7 Å². The molecule has 2 aliphatic rings. The fourth-order valence-electron chi connectivity index (χ4n) is 8.13. The van der Waals surface area contributed by atoms with E-state index < -0.39 is 23.7 Å². The number of hydrogen-bond acceptors (Lipinski definition) is 5. The van der Waals surface area contributed by atoms with E-state index in [9.17, 15) is 22.8 Å². The van der Waals surface area contributed by atoms with Gasteiger partial charge in [0.05, 0.1) is 5.56 Å². The van der Waals surface area contributed by atoms with Crippen molar-refractivity contribution in [1.29, 1.82) is 0 Å². The number of para-hydroxylation sites is 1. The molecule has 7 rings (SSSR count). The lowest BCUT2D eigenvalue weighted by Gasteiger charge is -2.39. The van der Waals surface area contributed by atoms with Crippen LogP contribution in [0.25, 0.3) is 6.08 Å². The van der Waals surface area contributed by atoms with Gasteiger partial charge in [0.15, 0.2) is 0 Å². The zero-order valence-corrected chi connectivity index (χ0v) is 35.4. The van der Waals surface area contributed by atoms with Gasteiger partial charge in [-0.2, -0.15) is 13.2 Å². The van der Waals surface area contributed by atoms with Gasteiger partial charge >= 0.3 is 6.18 Å². The minimum absolute atomic E-state index is 0.0556. The zero-order chi connectivity index (χ0) is 43.0. The molecule has 5 aromatic carbocycles. The van der Waals surface area contributed by atoms with Gasteiger partial charge in [0.25, 0.3) is 0 Å². The van der Waals surface area contributed by atoms with E-state index in [4.69, 9.17) is 0 Å². The first-order chi connectivity index (χ1) is 29.3. The van der Waals surface area contributed by atoms with Gasteiger partial charge in [-0.05, 0) is 75.7 Å². The molecule has 2 saturated heterocycles. The monoisotopic (exact) mass is 827 g/mol. The minimum Gasteiger partial charge on any atom is -0.368 e. The van der Waals surface area contributed by atoms with Crippen LogP contribution in [0, 0.1) is 0 Å². The van der Waals surface area contributed by atoms with Crippen LogP contribution in [-0.2, 0) is 40.7 Å². The summed E-state index contributed by atoms with van der Waals surface area (Å²) >= 11 is 0. The van der Waals surface area contributed by atoms with Crippen molar-refractivity contribution < 1.29 is 22.8 Å². The van der Waals surface area contributed by atoms with Gasteiger partial charge < -0.3 is 19.6 Å². The summed E-state index contributed by atoms with van der Waals surface area (Å²) in [6, 6.07) is 41.1. The summed E-state index contributed by atoms with van der Waals surface area (Å²) in [4.78, 5) is 40.1. The first kappa shape index (κ1) is 43.2. The molecular weight excluding hydrogens is 772 g/mol. The lowest BCUT2D eigenvalue weighted by Crippen LogP contribution is -2.56. The second-order valence-corrected chi connectivity index (χ2v) is 17.1. The summed E-state index contributed by atoms with van der Waals surface area (Å²) in [7, 11) is 0. The quantitative estimate of drug-likeness (QED) is 0.118. The maximum absolute atomic E-state index is 14.9. The Bertz CT molecular complexity index is 2210. The molecule has 2 aliphatic heterocycles. The van der Waals surface area contributed by atoms with Gasteiger partial charge in [0.2, 0.25) is 11.8 Å². The fourth-order valence-corrected chi connectivity index (χ4v) is 8.13. The van der Waals surface area contributed by atoms with Crippen LogP contribution in [0.2, 0.25) is 0 Å². The van der Waals surface area contributed by atoms with Crippen molar-refractivity contribution in [2.24, 2.45) is 0 Å². The number of benzene rings is 5. The molecule has 0 N–H and O–H groups in total. The second kappa shape index (κ2) is 19.2. The SMILES string of the molecule is CC(C)(C)c1ccc(C[C@@H](C(=O)N2CCN(Cc3ccccc3)CC2)N(Cc2ccc(N3CCN(c4ccccc4)CC3)cc2)C(=O)C=Cc2ccc(C(F)(F)F)cc2)cc1. The second-order valence-electron chi connectivity index (χ2n) is 17.1. The zero-order valence-electron chi connectivity index (χ0n) is 35.4. The van der Waals surface area contributed by atoms with Crippen molar-refractivity contribution in [3.05, 3.63) is 173 Å². The first-order valence-electron chi connectivity index (χ1n) is 21.2. The highest BCUT2D eigenvalue weighted by atomic mass is 19.4. The van der Waals surface area contributed by atoms with E-state index in [-0.39, 0.29) is 17.9 Å². The number of piperazine rings is 2. The Morgan fingerprint density at radius 1 is 0.607 bits per heavy atom. The number of halogens is 3. The number of alkyl halides is 3. The summed E-state index contributed by atoms with van der Waals surface area (Å²) in [5, 5.41) is 0. The predicted octanol–water partition coefficient (Wildman–Crippen LogP) is 9.33. The molecule has 2 fully saturated rings. The molecular formula is C51H56F3N5O2. The Balaban J connectivity index is 1.15. The summed E-state index contributed by atoms with van der Waals surface area (Å²) in [6.07, 6.45) is -1.26.